The first kappa shape index (κ1) is 23.4. The summed E-state index contributed by atoms with van der Waals surface area (Å²) in [6.45, 7) is 7.51. The van der Waals surface area contributed by atoms with Gasteiger partial charge in [-0.05, 0) is 57.9 Å². The average Bonchev–Trinajstić information content (AvgIpc) is 3.44. The lowest BCUT2D eigenvalue weighted by atomic mass is 9.94. The van der Waals surface area contributed by atoms with E-state index >= 15 is 0 Å². The predicted molar refractivity (Wildman–Crippen MR) is 127 cm³/mol. The Labute approximate surface area is 197 Å². The van der Waals surface area contributed by atoms with Crippen molar-refractivity contribution in [3.8, 4) is 22.1 Å². The zero-order valence-electron chi connectivity index (χ0n) is 19.5. The molecule has 4 rings (SSSR count). The molecule has 33 heavy (non-hydrogen) atoms. The predicted octanol–water partition coefficient (Wildman–Crippen LogP) is 4.23. The molecule has 0 saturated carbocycles. The second-order valence-electron chi connectivity index (χ2n) is 8.56. The van der Waals surface area contributed by atoms with Gasteiger partial charge in [-0.3, -0.25) is 0 Å². The number of nitrogens with zero attached hydrogens (tertiary/aromatic N) is 3. The van der Waals surface area contributed by atoms with Crippen molar-refractivity contribution in [2.75, 3.05) is 20.3 Å². The molecule has 1 aliphatic heterocycles. The fraction of sp³-hybridized carbons (Fsp3) is 0.458. The minimum atomic E-state index is -0.375. The summed E-state index contributed by atoms with van der Waals surface area (Å²) in [7, 11) is 1.64. The van der Waals surface area contributed by atoms with Crippen LogP contribution in [0.3, 0.4) is 0 Å². The van der Waals surface area contributed by atoms with Gasteiger partial charge in [0, 0.05) is 30.1 Å². The van der Waals surface area contributed by atoms with E-state index in [-0.39, 0.29) is 11.6 Å². The topological polar surface area (TPSA) is 87.5 Å². The number of aromatic nitrogens is 3. The standard InChI is InChI=1S/C24H30N4O4S/c1-5-31-22(29)19-13-26-28(21(19)14-25-17-10-11-32-24(2,3)12-17)23-27-20(15-33-23)16-6-8-18(30-4)9-7-16/h6-9,13,15,17,25H,5,10-12,14H2,1-4H3/t17-/m1/s1. The number of esters is 1. The van der Waals surface area contributed by atoms with Gasteiger partial charge in [0.1, 0.15) is 11.3 Å². The molecule has 9 heteroatoms. The lowest BCUT2D eigenvalue weighted by Crippen LogP contribution is -2.43. The third-order valence-corrected chi connectivity index (χ3v) is 6.49. The maximum Gasteiger partial charge on any atom is 0.341 e. The summed E-state index contributed by atoms with van der Waals surface area (Å²) in [5, 5.41) is 10.8. The van der Waals surface area contributed by atoms with Crippen LogP contribution in [0.15, 0.2) is 35.8 Å². The van der Waals surface area contributed by atoms with Gasteiger partial charge in [0.05, 0.1) is 36.9 Å². The van der Waals surface area contributed by atoms with Gasteiger partial charge >= 0.3 is 5.97 Å². The van der Waals surface area contributed by atoms with Crippen LogP contribution in [-0.2, 0) is 16.0 Å². The molecule has 1 aromatic carbocycles. The van der Waals surface area contributed by atoms with Crippen molar-refractivity contribution in [2.45, 2.75) is 51.8 Å². The lowest BCUT2D eigenvalue weighted by molar-refractivity contribution is -0.0631. The Morgan fingerprint density at radius 1 is 1.33 bits per heavy atom. The van der Waals surface area contributed by atoms with Crippen molar-refractivity contribution < 1.29 is 19.0 Å². The van der Waals surface area contributed by atoms with Gasteiger partial charge in [0.2, 0.25) is 5.13 Å². The van der Waals surface area contributed by atoms with Gasteiger partial charge < -0.3 is 19.5 Å². The van der Waals surface area contributed by atoms with Gasteiger partial charge in [-0.1, -0.05) is 0 Å². The first-order valence-corrected chi connectivity index (χ1v) is 12.0. The van der Waals surface area contributed by atoms with Crippen LogP contribution in [0.1, 0.15) is 49.7 Å². The highest BCUT2D eigenvalue weighted by Crippen LogP contribution is 2.28. The van der Waals surface area contributed by atoms with Crippen molar-refractivity contribution >= 4 is 17.3 Å². The maximum atomic E-state index is 12.6. The van der Waals surface area contributed by atoms with E-state index in [1.54, 1.807) is 24.9 Å². The molecule has 0 spiro atoms. The van der Waals surface area contributed by atoms with Crippen molar-refractivity contribution in [3.63, 3.8) is 0 Å². The van der Waals surface area contributed by atoms with E-state index in [9.17, 15) is 4.79 Å². The summed E-state index contributed by atoms with van der Waals surface area (Å²) in [5.74, 6) is 0.421. The van der Waals surface area contributed by atoms with E-state index in [0.29, 0.717) is 36.5 Å². The Hall–Kier alpha value is -2.75. The van der Waals surface area contributed by atoms with Gasteiger partial charge in [0.25, 0.3) is 0 Å². The Morgan fingerprint density at radius 2 is 2.12 bits per heavy atom. The minimum Gasteiger partial charge on any atom is -0.497 e. The molecule has 0 unspecified atom stereocenters. The summed E-state index contributed by atoms with van der Waals surface area (Å²) in [6.07, 6.45) is 3.39. The van der Waals surface area contributed by atoms with Gasteiger partial charge in [0.15, 0.2) is 0 Å². The van der Waals surface area contributed by atoms with Crippen LogP contribution in [0.4, 0.5) is 0 Å². The zero-order valence-corrected chi connectivity index (χ0v) is 20.3. The van der Waals surface area contributed by atoms with Crippen LogP contribution < -0.4 is 10.1 Å². The second kappa shape index (κ2) is 10.0. The molecule has 0 bridgehead atoms. The minimum absolute atomic E-state index is 0.164. The number of rotatable bonds is 8. The molecule has 1 N–H and O–H groups in total. The number of carbonyl (C=O) groups is 1. The summed E-state index contributed by atoms with van der Waals surface area (Å²) in [6, 6.07) is 8.05. The number of hydrogen-bond donors (Lipinski definition) is 1. The van der Waals surface area contributed by atoms with E-state index in [0.717, 1.165) is 35.5 Å². The molecule has 8 nitrogen and oxygen atoms in total. The molecule has 3 heterocycles. The molecule has 1 atom stereocenters. The van der Waals surface area contributed by atoms with Crippen molar-refractivity contribution in [1.82, 2.24) is 20.1 Å². The molecule has 1 saturated heterocycles. The molecule has 0 radical (unpaired) electrons. The first-order chi connectivity index (χ1) is 15.9. The number of nitrogens with one attached hydrogen (secondary N) is 1. The Balaban J connectivity index is 1.60. The Bertz CT molecular complexity index is 1090. The Morgan fingerprint density at radius 3 is 2.82 bits per heavy atom. The third kappa shape index (κ3) is 5.43. The van der Waals surface area contributed by atoms with Crippen LogP contribution in [0.2, 0.25) is 0 Å². The molecule has 1 fully saturated rings. The highest BCUT2D eigenvalue weighted by Gasteiger charge is 2.29. The first-order valence-electron chi connectivity index (χ1n) is 11.1. The second-order valence-corrected chi connectivity index (χ2v) is 9.40. The van der Waals surface area contributed by atoms with Gasteiger partial charge in [-0.2, -0.15) is 5.10 Å². The van der Waals surface area contributed by atoms with Crippen molar-refractivity contribution in [2.24, 2.45) is 0 Å². The van der Waals surface area contributed by atoms with E-state index in [4.69, 9.17) is 19.2 Å². The zero-order chi connectivity index (χ0) is 23.4. The van der Waals surface area contributed by atoms with E-state index in [1.165, 1.54) is 11.3 Å². The number of carbonyl (C=O) groups excluding carboxylic acids is 1. The fourth-order valence-electron chi connectivity index (χ4n) is 3.99. The van der Waals surface area contributed by atoms with Crippen LogP contribution in [-0.4, -0.2) is 52.7 Å². The van der Waals surface area contributed by atoms with Crippen molar-refractivity contribution in [1.29, 1.82) is 0 Å². The number of ether oxygens (including phenoxy) is 3. The van der Waals surface area contributed by atoms with Crippen LogP contribution in [0.25, 0.3) is 16.4 Å². The normalized spacial score (nSPS) is 17.6. The molecule has 3 aromatic rings. The van der Waals surface area contributed by atoms with E-state index in [1.807, 2.05) is 29.6 Å². The van der Waals surface area contributed by atoms with Crippen LogP contribution in [0, 0.1) is 0 Å². The molecule has 1 aliphatic rings. The highest BCUT2D eigenvalue weighted by molar-refractivity contribution is 7.12. The lowest BCUT2D eigenvalue weighted by Gasteiger charge is -2.36. The number of methoxy groups -OCH3 is 1. The van der Waals surface area contributed by atoms with Crippen LogP contribution >= 0.6 is 11.3 Å². The quantitative estimate of drug-likeness (QED) is 0.493. The highest BCUT2D eigenvalue weighted by atomic mass is 32.1. The van der Waals surface area contributed by atoms with Crippen LogP contribution in [0.5, 0.6) is 5.75 Å². The molecular formula is C24H30N4O4S. The smallest absolute Gasteiger partial charge is 0.341 e. The largest absolute Gasteiger partial charge is 0.497 e. The summed E-state index contributed by atoms with van der Waals surface area (Å²) in [4.78, 5) is 17.4. The molecule has 176 valence electrons. The average molecular weight is 471 g/mol. The third-order valence-electron chi connectivity index (χ3n) is 5.68. The molecule has 0 aliphatic carbocycles. The number of hydrogen-bond acceptors (Lipinski definition) is 8. The maximum absolute atomic E-state index is 12.6. The molecule has 0 amide bonds. The molecular weight excluding hydrogens is 440 g/mol. The number of thiazole rings is 1. The monoisotopic (exact) mass is 470 g/mol. The SMILES string of the molecule is CCOC(=O)c1cnn(-c2nc(-c3ccc(OC)cc3)cs2)c1CN[C@@H]1CCOC(C)(C)C1. The van der Waals surface area contributed by atoms with E-state index < -0.39 is 0 Å². The van der Waals surface area contributed by atoms with E-state index in [2.05, 4.69) is 24.3 Å². The molecule has 2 aromatic heterocycles. The Kier molecular flexibility index (Phi) is 7.11. The van der Waals surface area contributed by atoms with Gasteiger partial charge in [-0.25, -0.2) is 14.5 Å². The summed E-state index contributed by atoms with van der Waals surface area (Å²) < 4.78 is 18.1. The number of benzene rings is 1. The van der Waals surface area contributed by atoms with Gasteiger partial charge in [-0.15, -0.1) is 11.3 Å². The summed E-state index contributed by atoms with van der Waals surface area (Å²) in [5.41, 5.74) is 2.87. The fourth-order valence-corrected chi connectivity index (χ4v) is 4.81. The summed E-state index contributed by atoms with van der Waals surface area (Å²) >= 11 is 1.48. The van der Waals surface area contributed by atoms with Crippen molar-refractivity contribution in [3.05, 3.63) is 47.1 Å².